The number of alkyl halides is 3. The quantitative estimate of drug-likeness (QED) is 0.317. The van der Waals surface area contributed by atoms with Gasteiger partial charge in [-0.25, -0.2) is 0 Å². The summed E-state index contributed by atoms with van der Waals surface area (Å²) >= 11 is 1.91. The van der Waals surface area contributed by atoms with Gasteiger partial charge in [-0.05, 0) is 60.7 Å². The van der Waals surface area contributed by atoms with Crippen LogP contribution in [0.4, 0.5) is 13.2 Å². The van der Waals surface area contributed by atoms with Gasteiger partial charge in [0.25, 0.3) is 5.91 Å². The third-order valence-electron chi connectivity index (χ3n) is 6.65. The van der Waals surface area contributed by atoms with Crippen molar-refractivity contribution in [1.82, 2.24) is 10.2 Å². The molecule has 4 rings (SSSR count). The molecule has 2 aromatic rings. The van der Waals surface area contributed by atoms with Crippen LogP contribution in [0, 0.1) is 5.92 Å². The summed E-state index contributed by atoms with van der Waals surface area (Å²) in [6.45, 7) is 4.57. The molecule has 2 saturated heterocycles. The molecular formula is C28H34F3N3O4S. The zero-order valence-electron chi connectivity index (χ0n) is 21.8. The molecule has 0 bridgehead atoms. The smallest absolute Gasteiger partial charge is 0.416 e. The normalized spacial score (nSPS) is 17.6. The lowest BCUT2D eigenvalue weighted by atomic mass is 10.0. The van der Waals surface area contributed by atoms with Crippen molar-refractivity contribution in [3.05, 3.63) is 65.2 Å². The lowest BCUT2D eigenvalue weighted by molar-refractivity contribution is -0.137. The first-order valence-electron chi connectivity index (χ1n) is 13.1. The van der Waals surface area contributed by atoms with Crippen LogP contribution in [0.5, 0.6) is 5.75 Å². The van der Waals surface area contributed by atoms with Crippen LogP contribution in [-0.4, -0.2) is 74.0 Å². The highest BCUT2D eigenvalue weighted by Gasteiger charge is 2.30. The van der Waals surface area contributed by atoms with Gasteiger partial charge in [-0.3, -0.25) is 9.69 Å². The Bertz CT molecular complexity index is 1070. The minimum absolute atomic E-state index is 0.0572. The van der Waals surface area contributed by atoms with Gasteiger partial charge < -0.3 is 19.6 Å². The summed E-state index contributed by atoms with van der Waals surface area (Å²) in [6.07, 6.45) is -2.46. The van der Waals surface area contributed by atoms with Crippen molar-refractivity contribution in [2.45, 2.75) is 25.6 Å². The molecule has 0 radical (unpaired) electrons. The second kappa shape index (κ2) is 14.6. The number of benzene rings is 2. The highest BCUT2D eigenvalue weighted by molar-refractivity contribution is 7.99. The van der Waals surface area contributed by atoms with Crippen LogP contribution in [0.15, 0.2) is 53.7 Å². The summed E-state index contributed by atoms with van der Waals surface area (Å²) in [4.78, 5) is 20.1. The first-order chi connectivity index (χ1) is 18.9. The van der Waals surface area contributed by atoms with E-state index in [0.29, 0.717) is 30.3 Å². The molecule has 1 N–H and O–H groups in total. The molecule has 0 spiro atoms. The van der Waals surface area contributed by atoms with Crippen LogP contribution < -0.4 is 10.1 Å². The lowest BCUT2D eigenvalue weighted by Crippen LogP contribution is -2.37. The first kappa shape index (κ1) is 29.2. The number of hydrogen-bond acceptors (Lipinski definition) is 7. The van der Waals surface area contributed by atoms with E-state index in [1.807, 2.05) is 23.9 Å². The van der Waals surface area contributed by atoms with Crippen molar-refractivity contribution < 1.29 is 32.3 Å². The minimum atomic E-state index is -4.37. The van der Waals surface area contributed by atoms with Crippen LogP contribution >= 0.6 is 11.8 Å². The molecule has 212 valence electrons. The van der Waals surface area contributed by atoms with E-state index in [-0.39, 0.29) is 19.1 Å². The number of carbonyl (C=O) groups excluding carboxylic acids is 1. The molecule has 2 aliphatic rings. The van der Waals surface area contributed by atoms with Gasteiger partial charge in [-0.2, -0.15) is 24.9 Å². The highest BCUT2D eigenvalue weighted by Crippen LogP contribution is 2.29. The van der Waals surface area contributed by atoms with Crippen LogP contribution in [0.1, 0.15) is 29.5 Å². The van der Waals surface area contributed by atoms with Gasteiger partial charge in [0.2, 0.25) is 0 Å². The number of thioether (sulfide) groups is 1. The van der Waals surface area contributed by atoms with E-state index in [0.717, 1.165) is 74.1 Å². The summed E-state index contributed by atoms with van der Waals surface area (Å²) in [5, 5.41) is 7.29. The number of ether oxygens (including phenoxy) is 2. The average molecular weight is 566 g/mol. The van der Waals surface area contributed by atoms with Crippen molar-refractivity contribution >= 4 is 23.4 Å². The number of hydrogen-bond donors (Lipinski definition) is 1. The monoisotopic (exact) mass is 565 g/mol. The molecule has 0 aromatic heterocycles. The maximum atomic E-state index is 12.8. The second-order valence-electron chi connectivity index (χ2n) is 9.57. The van der Waals surface area contributed by atoms with Gasteiger partial charge in [0.15, 0.2) is 6.61 Å². The molecule has 2 fully saturated rings. The van der Waals surface area contributed by atoms with E-state index in [2.05, 4.69) is 15.4 Å². The Hall–Kier alpha value is -2.76. The van der Waals surface area contributed by atoms with Crippen LogP contribution in [0.3, 0.4) is 0 Å². The first-order valence-corrected chi connectivity index (χ1v) is 14.2. The summed E-state index contributed by atoms with van der Waals surface area (Å²) in [6, 6.07) is 12.2. The Kier molecular flexibility index (Phi) is 10.9. The molecule has 7 nitrogen and oxygen atoms in total. The zero-order valence-corrected chi connectivity index (χ0v) is 22.6. The minimum Gasteiger partial charge on any atom is -0.484 e. The molecule has 0 unspecified atom stereocenters. The number of nitrogens with zero attached hydrogens (tertiary/aromatic N) is 2. The third kappa shape index (κ3) is 9.74. The van der Waals surface area contributed by atoms with Crippen molar-refractivity contribution in [2.24, 2.45) is 11.1 Å². The second-order valence-corrected chi connectivity index (χ2v) is 10.8. The van der Waals surface area contributed by atoms with Crippen molar-refractivity contribution in [3.8, 4) is 5.75 Å². The molecule has 2 aliphatic heterocycles. The van der Waals surface area contributed by atoms with Crippen LogP contribution in [0.25, 0.3) is 0 Å². The topological polar surface area (TPSA) is 72.4 Å². The molecule has 2 heterocycles. The predicted molar refractivity (Wildman–Crippen MR) is 145 cm³/mol. The fraction of sp³-hybridized carbons (Fsp3) is 0.500. The van der Waals surface area contributed by atoms with Crippen LogP contribution in [-0.2, 0) is 27.2 Å². The lowest BCUT2D eigenvalue weighted by Gasteiger charge is -2.26. The third-order valence-corrected chi connectivity index (χ3v) is 7.59. The SMILES string of the molecule is O=C(COc1ccc(C(CN2CCSCC2)=NOCc2ccc(C(F)(F)F)cc2)cc1)NCC1CCOCC1. The molecule has 11 heteroatoms. The average Bonchev–Trinajstić information content (AvgIpc) is 2.96. The van der Waals surface area contributed by atoms with Gasteiger partial charge >= 0.3 is 6.18 Å². The summed E-state index contributed by atoms with van der Waals surface area (Å²) in [7, 11) is 0. The summed E-state index contributed by atoms with van der Waals surface area (Å²) in [5.74, 6) is 2.94. The zero-order chi connectivity index (χ0) is 27.5. The van der Waals surface area contributed by atoms with E-state index in [9.17, 15) is 18.0 Å². The fourth-order valence-corrected chi connectivity index (χ4v) is 5.25. The molecular weight excluding hydrogens is 531 g/mol. The molecule has 39 heavy (non-hydrogen) atoms. The van der Waals surface area contributed by atoms with Crippen molar-refractivity contribution in [3.63, 3.8) is 0 Å². The molecule has 1 amide bonds. The van der Waals surface area contributed by atoms with Gasteiger partial charge in [0, 0.05) is 56.5 Å². The summed E-state index contributed by atoms with van der Waals surface area (Å²) < 4.78 is 49.5. The maximum absolute atomic E-state index is 12.8. The van der Waals surface area contributed by atoms with Crippen LogP contribution in [0.2, 0.25) is 0 Å². The van der Waals surface area contributed by atoms with E-state index in [1.54, 1.807) is 12.1 Å². The van der Waals surface area contributed by atoms with Crippen molar-refractivity contribution in [2.75, 3.05) is 57.5 Å². The Labute approximate surface area is 231 Å². The molecule has 0 aliphatic carbocycles. The van der Waals surface area contributed by atoms with Gasteiger partial charge in [0.1, 0.15) is 18.1 Å². The highest BCUT2D eigenvalue weighted by atomic mass is 32.2. The molecule has 2 aromatic carbocycles. The number of rotatable bonds is 11. The standard InChI is InChI=1S/C28H34F3N3O4S/c29-28(30,31)24-5-1-22(2-6-24)19-38-33-26(18-34-11-15-39-16-12-34)23-3-7-25(8-4-23)37-20-27(35)32-17-21-9-13-36-14-10-21/h1-8,21H,9-20H2,(H,32,35). The number of nitrogens with one attached hydrogen (secondary N) is 1. The Morgan fingerprint density at radius 1 is 1.05 bits per heavy atom. The number of carbonyl (C=O) groups is 1. The molecule has 0 atom stereocenters. The van der Waals surface area contributed by atoms with E-state index >= 15 is 0 Å². The molecule has 0 saturated carbocycles. The van der Waals surface area contributed by atoms with Gasteiger partial charge in [-0.15, -0.1) is 0 Å². The number of oxime groups is 1. The predicted octanol–water partition coefficient (Wildman–Crippen LogP) is 4.60. The van der Waals surface area contributed by atoms with Gasteiger partial charge in [-0.1, -0.05) is 17.3 Å². The maximum Gasteiger partial charge on any atom is 0.416 e. The van der Waals surface area contributed by atoms with Crippen molar-refractivity contribution in [1.29, 1.82) is 0 Å². The van der Waals surface area contributed by atoms with E-state index < -0.39 is 11.7 Å². The fourth-order valence-electron chi connectivity index (χ4n) is 4.27. The van der Waals surface area contributed by atoms with E-state index in [4.69, 9.17) is 14.3 Å². The Morgan fingerprint density at radius 2 is 1.74 bits per heavy atom. The largest absolute Gasteiger partial charge is 0.484 e. The Balaban J connectivity index is 1.32. The number of amides is 1. The van der Waals surface area contributed by atoms with Gasteiger partial charge in [0.05, 0.1) is 5.56 Å². The Morgan fingerprint density at radius 3 is 2.41 bits per heavy atom. The summed E-state index contributed by atoms with van der Waals surface area (Å²) in [5.41, 5.74) is 1.46. The van der Waals surface area contributed by atoms with E-state index in [1.165, 1.54) is 12.1 Å². The number of halogens is 3.